The van der Waals surface area contributed by atoms with Crippen molar-refractivity contribution in [2.24, 2.45) is 0 Å². The average molecular weight is 316 g/mol. The number of esters is 1. The lowest BCUT2D eigenvalue weighted by Crippen LogP contribution is -2.15. The molecule has 122 valence electrons. The summed E-state index contributed by atoms with van der Waals surface area (Å²) >= 11 is 0. The maximum Gasteiger partial charge on any atom is 0.339 e. The van der Waals surface area contributed by atoms with Gasteiger partial charge in [-0.1, -0.05) is 42.5 Å². The molecule has 0 aliphatic carbocycles. The second kappa shape index (κ2) is 8.19. The monoisotopic (exact) mass is 316 g/mol. The smallest absolute Gasteiger partial charge is 0.339 e. The standard InChI is InChI=1S/C18H20O5/c1-3-22-15-11-7-10-14(16(19)18(20)21-2)17(15)23-12-13-8-5-4-6-9-13/h4-11,16,19H,3,12H2,1-2H3. The van der Waals surface area contributed by atoms with Crippen LogP contribution in [-0.2, 0) is 16.1 Å². The van der Waals surface area contributed by atoms with Crippen LogP contribution in [0.5, 0.6) is 11.5 Å². The van der Waals surface area contributed by atoms with E-state index >= 15 is 0 Å². The van der Waals surface area contributed by atoms with Gasteiger partial charge in [0.05, 0.1) is 13.7 Å². The summed E-state index contributed by atoms with van der Waals surface area (Å²) in [6.07, 6.45) is -1.42. The topological polar surface area (TPSA) is 65.0 Å². The van der Waals surface area contributed by atoms with Gasteiger partial charge in [0.2, 0.25) is 0 Å². The number of ether oxygens (including phenoxy) is 3. The van der Waals surface area contributed by atoms with Crippen molar-refractivity contribution in [3.63, 3.8) is 0 Å². The summed E-state index contributed by atoms with van der Waals surface area (Å²) in [4.78, 5) is 11.6. The molecule has 0 radical (unpaired) electrons. The highest BCUT2D eigenvalue weighted by molar-refractivity contribution is 5.77. The van der Waals surface area contributed by atoms with Crippen LogP contribution in [0.2, 0.25) is 0 Å². The SMILES string of the molecule is CCOc1cccc(C(O)C(=O)OC)c1OCc1ccccc1. The molecule has 0 aliphatic heterocycles. The highest BCUT2D eigenvalue weighted by Gasteiger charge is 2.24. The number of rotatable bonds is 7. The predicted molar refractivity (Wildman–Crippen MR) is 85.4 cm³/mol. The van der Waals surface area contributed by atoms with E-state index in [0.717, 1.165) is 5.56 Å². The normalized spacial score (nSPS) is 11.6. The third-order valence-corrected chi connectivity index (χ3v) is 3.25. The van der Waals surface area contributed by atoms with E-state index in [0.29, 0.717) is 30.3 Å². The van der Waals surface area contributed by atoms with Crippen molar-refractivity contribution in [3.05, 3.63) is 59.7 Å². The third-order valence-electron chi connectivity index (χ3n) is 3.25. The lowest BCUT2D eigenvalue weighted by Gasteiger charge is -2.18. The summed E-state index contributed by atoms with van der Waals surface area (Å²) in [7, 11) is 1.22. The van der Waals surface area contributed by atoms with Crippen LogP contribution in [0.4, 0.5) is 0 Å². The van der Waals surface area contributed by atoms with Crippen LogP contribution >= 0.6 is 0 Å². The highest BCUT2D eigenvalue weighted by atomic mass is 16.5. The molecular weight excluding hydrogens is 296 g/mol. The fourth-order valence-electron chi connectivity index (χ4n) is 2.14. The third kappa shape index (κ3) is 4.23. The van der Waals surface area contributed by atoms with Gasteiger partial charge in [0, 0.05) is 5.56 Å². The molecule has 0 saturated heterocycles. The van der Waals surface area contributed by atoms with Gasteiger partial charge in [-0.25, -0.2) is 4.79 Å². The Morgan fingerprint density at radius 3 is 2.48 bits per heavy atom. The van der Waals surface area contributed by atoms with Crippen molar-refractivity contribution < 1.29 is 24.1 Å². The van der Waals surface area contributed by atoms with Gasteiger partial charge in [-0.2, -0.15) is 0 Å². The molecule has 2 rings (SSSR count). The summed E-state index contributed by atoms with van der Waals surface area (Å²) in [5.41, 5.74) is 1.29. The Morgan fingerprint density at radius 2 is 1.83 bits per heavy atom. The van der Waals surface area contributed by atoms with Gasteiger partial charge in [-0.15, -0.1) is 0 Å². The van der Waals surface area contributed by atoms with E-state index in [2.05, 4.69) is 4.74 Å². The van der Waals surface area contributed by atoms with E-state index in [9.17, 15) is 9.90 Å². The predicted octanol–water partition coefficient (Wildman–Crippen LogP) is 2.87. The second-order valence-corrected chi connectivity index (χ2v) is 4.81. The number of hydrogen-bond donors (Lipinski definition) is 1. The second-order valence-electron chi connectivity index (χ2n) is 4.81. The van der Waals surface area contributed by atoms with Crippen LogP contribution in [-0.4, -0.2) is 24.8 Å². The van der Waals surface area contributed by atoms with Gasteiger partial charge in [0.25, 0.3) is 0 Å². The lowest BCUT2D eigenvalue weighted by molar-refractivity contribution is -0.150. The van der Waals surface area contributed by atoms with Crippen molar-refractivity contribution in [2.75, 3.05) is 13.7 Å². The molecule has 0 saturated carbocycles. The summed E-state index contributed by atoms with van der Waals surface area (Å²) in [6, 6.07) is 14.7. The van der Waals surface area contributed by atoms with Gasteiger partial charge in [0.1, 0.15) is 6.61 Å². The number of aliphatic hydroxyl groups is 1. The minimum atomic E-state index is -1.42. The number of carbonyl (C=O) groups excluding carboxylic acids is 1. The van der Waals surface area contributed by atoms with Gasteiger partial charge >= 0.3 is 5.97 Å². The van der Waals surface area contributed by atoms with E-state index in [4.69, 9.17) is 9.47 Å². The van der Waals surface area contributed by atoms with Crippen LogP contribution in [0.3, 0.4) is 0 Å². The van der Waals surface area contributed by atoms with Crippen LogP contribution in [0.25, 0.3) is 0 Å². The van der Waals surface area contributed by atoms with Gasteiger partial charge in [0.15, 0.2) is 17.6 Å². The summed E-state index contributed by atoms with van der Waals surface area (Å²) in [5.74, 6) is 0.0724. The Bertz CT molecular complexity index is 639. The van der Waals surface area contributed by atoms with E-state index in [1.165, 1.54) is 7.11 Å². The molecule has 0 fully saturated rings. The quantitative estimate of drug-likeness (QED) is 0.796. The van der Waals surface area contributed by atoms with E-state index in [1.807, 2.05) is 37.3 Å². The minimum absolute atomic E-state index is 0.297. The number of hydrogen-bond acceptors (Lipinski definition) is 5. The molecule has 5 nitrogen and oxygen atoms in total. The molecule has 1 atom stereocenters. The van der Waals surface area contributed by atoms with Crippen LogP contribution in [0.15, 0.2) is 48.5 Å². The van der Waals surface area contributed by atoms with Gasteiger partial charge in [-0.3, -0.25) is 0 Å². The maximum atomic E-state index is 11.6. The first-order valence-corrected chi connectivity index (χ1v) is 7.35. The Labute approximate surface area is 135 Å². The van der Waals surface area contributed by atoms with Crippen LogP contribution in [0.1, 0.15) is 24.2 Å². The number of carbonyl (C=O) groups is 1. The van der Waals surface area contributed by atoms with Crippen molar-refractivity contribution in [1.82, 2.24) is 0 Å². The average Bonchev–Trinajstić information content (AvgIpc) is 2.60. The fraction of sp³-hybridized carbons (Fsp3) is 0.278. The zero-order valence-electron chi connectivity index (χ0n) is 13.2. The highest BCUT2D eigenvalue weighted by Crippen LogP contribution is 2.36. The largest absolute Gasteiger partial charge is 0.490 e. The molecular formula is C18H20O5. The van der Waals surface area contributed by atoms with E-state index in [1.54, 1.807) is 18.2 Å². The van der Waals surface area contributed by atoms with Gasteiger partial charge in [-0.05, 0) is 18.6 Å². The number of para-hydroxylation sites is 1. The van der Waals surface area contributed by atoms with Gasteiger partial charge < -0.3 is 19.3 Å². The number of aliphatic hydroxyl groups excluding tert-OH is 1. The molecule has 0 aliphatic rings. The molecule has 1 unspecified atom stereocenters. The van der Waals surface area contributed by atoms with Crippen molar-refractivity contribution >= 4 is 5.97 Å². The van der Waals surface area contributed by atoms with Crippen LogP contribution in [0, 0.1) is 0 Å². The van der Waals surface area contributed by atoms with Crippen molar-refractivity contribution in [2.45, 2.75) is 19.6 Å². The molecule has 5 heteroatoms. The summed E-state index contributed by atoms with van der Waals surface area (Å²) in [6.45, 7) is 2.59. The van der Waals surface area contributed by atoms with Crippen molar-refractivity contribution in [1.29, 1.82) is 0 Å². The fourth-order valence-corrected chi connectivity index (χ4v) is 2.14. The Kier molecular flexibility index (Phi) is 6.00. The van der Waals surface area contributed by atoms with E-state index < -0.39 is 12.1 Å². The Balaban J connectivity index is 2.31. The first kappa shape index (κ1) is 16.8. The number of benzene rings is 2. The molecule has 0 bridgehead atoms. The first-order valence-electron chi connectivity index (χ1n) is 7.35. The van der Waals surface area contributed by atoms with E-state index in [-0.39, 0.29) is 0 Å². The molecule has 0 heterocycles. The van der Waals surface area contributed by atoms with Crippen molar-refractivity contribution in [3.8, 4) is 11.5 Å². The molecule has 23 heavy (non-hydrogen) atoms. The lowest BCUT2D eigenvalue weighted by atomic mass is 10.1. The summed E-state index contributed by atoms with van der Waals surface area (Å²) in [5, 5.41) is 10.1. The minimum Gasteiger partial charge on any atom is -0.490 e. The Morgan fingerprint density at radius 1 is 1.09 bits per heavy atom. The molecule has 0 spiro atoms. The Hall–Kier alpha value is -2.53. The number of methoxy groups -OCH3 is 1. The van der Waals surface area contributed by atoms with Crippen LogP contribution < -0.4 is 9.47 Å². The first-order chi connectivity index (χ1) is 11.2. The molecule has 1 N–H and O–H groups in total. The molecule has 0 amide bonds. The zero-order chi connectivity index (χ0) is 16.7. The maximum absolute atomic E-state index is 11.6. The summed E-state index contributed by atoms with van der Waals surface area (Å²) < 4.78 is 16.0. The zero-order valence-corrected chi connectivity index (χ0v) is 13.2. The molecule has 2 aromatic carbocycles. The molecule has 2 aromatic rings. The molecule has 0 aromatic heterocycles.